The Morgan fingerprint density at radius 2 is 2.10 bits per heavy atom. The molecule has 1 heterocycles. The van der Waals surface area contributed by atoms with Gasteiger partial charge in [-0.15, -0.1) is 0 Å². The van der Waals surface area contributed by atoms with Crippen molar-refractivity contribution in [3.63, 3.8) is 0 Å². The van der Waals surface area contributed by atoms with E-state index in [4.69, 9.17) is 10.5 Å². The van der Waals surface area contributed by atoms with Crippen molar-refractivity contribution < 1.29 is 13.2 Å². The molecule has 1 fully saturated rings. The van der Waals surface area contributed by atoms with Crippen LogP contribution >= 0.6 is 11.8 Å². The maximum atomic E-state index is 12.0. The lowest BCUT2D eigenvalue weighted by Crippen LogP contribution is -2.47. The number of nitrogens with zero attached hydrogens (tertiary/aromatic N) is 1. The van der Waals surface area contributed by atoms with Gasteiger partial charge in [-0.25, -0.2) is 8.42 Å². The molecule has 1 aliphatic rings. The first kappa shape index (κ1) is 16.3. The van der Waals surface area contributed by atoms with E-state index in [9.17, 15) is 8.42 Å². The van der Waals surface area contributed by atoms with Crippen LogP contribution in [0, 0.1) is 0 Å². The number of nitrogen functional groups attached to an aromatic ring is 1. The van der Waals surface area contributed by atoms with Crippen LogP contribution in [0.3, 0.4) is 0 Å². The second kappa shape index (κ2) is 6.36. The predicted octanol–water partition coefficient (Wildman–Crippen LogP) is 1.98. The number of anilines is 2. The molecule has 2 N–H and O–H groups in total. The van der Waals surface area contributed by atoms with Crippen LogP contribution in [0.25, 0.3) is 0 Å². The molecule has 1 aromatic carbocycles. The number of hydrogen-bond donors (Lipinski definition) is 1. The van der Waals surface area contributed by atoms with Crippen LogP contribution in [-0.4, -0.2) is 44.2 Å². The first-order valence-corrected chi connectivity index (χ1v) is 9.99. The van der Waals surface area contributed by atoms with Gasteiger partial charge in [-0.2, -0.15) is 11.8 Å². The van der Waals surface area contributed by atoms with Crippen LogP contribution in [0.5, 0.6) is 5.75 Å². The molecule has 2 rings (SSSR count). The minimum atomic E-state index is -3.15. The lowest BCUT2D eigenvalue weighted by atomic mass is 10.2. The monoisotopic (exact) mass is 330 g/mol. The molecule has 118 valence electrons. The Morgan fingerprint density at radius 1 is 1.38 bits per heavy atom. The van der Waals surface area contributed by atoms with E-state index in [-0.39, 0.29) is 6.10 Å². The van der Waals surface area contributed by atoms with Crippen LogP contribution in [0.1, 0.15) is 13.8 Å². The first-order chi connectivity index (χ1) is 9.77. The fraction of sp³-hybridized carbons (Fsp3) is 0.571. The summed E-state index contributed by atoms with van der Waals surface area (Å²) in [6.07, 6.45) is 1.33. The van der Waals surface area contributed by atoms with E-state index in [1.807, 2.05) is 24.8 Å². The zero-order chi connectivity index (χ0) is 15.6. The lowest BCUT2D eigenvalue weighted by molar-refractivity contribution is 0.242. The maximum Gasteiger partial charge on any atom is 0.169 e. The fourth-order valence-corrected chi connectivity index (χ4v) is 5.18. The van der Waals surface area contributed by atoms with E-state index in [2.05, 4.69) is 0 Å². The van der Waals surface area contributed by atoms with Crippen LogP contribution in [-0.2, 0) is 9.84 Å². The van der Waals surface area contributed by atoms with Crippen molar-refractivity contribution in [1.29, 1.82) is 0 Å². The van der Waals surface area contributed by atoms with Gasteiger partial charge < -0.3 is 15.4 Å². The SMILES string of the molecule is CC(C)Oc1cc(N)cc(N2CCSCC2S(C)(=O)=O)c1. The number of nitrogens with two attached hydrogens (primary N) is 1. The van der Waals surface area contributed by atoms with Crippen LogP contribution in [0.2, 0.25) is 0 Å². The van der Waals surface area contributed by atoms with Gasteiger partial charge in [-0.3, -0.25) is 0 Å². The lowest BCUT2D eigenvalue weighted by Gasteiger charge is -2.36. The summed E-state index contributed by atoms with van der Waals surface area (Å²) >= 11 is 1.66. The topological polar surface area (TPSA) is 72.6 Å². The summed E-state index contributed by atoms with van der Waals surface area (Å²) in [6.45, 7) is 4.58. The molecule has 0 aliphatic carbocycles. The molecule has 0 amide bonds. The third-order valence-electron chi connectivity index (χ3n) is 3.20. The van der Waals surface area contributed by atoms with E-state index < -0.39 is 15.2 Å². The average Bonchev–Trinajstić information content (AvgIpc) is 2.36. The summed E-state index contributed by atoms with van der Waals surface area (Å²) in [5.74, 6) is 2.15. The summed E-state index contributed by atoms with van der Waals surface area (Å²) in [7, 11) is -3.15. The zero-order valence-electron chi connectivity index (χ0n) is 12.6. The summed E-state index contributed by atoms with van der Waals surface area (Å²) < 4.78 is 29.7. The highest BCUT2D eigenvalue weighted by Crippen LogP contribution is 2.31. The molecular weight excluding hydrogens is 308 g/mol. The molecule has 21 heavy (non-hydrogen) atoms. The van der Waals surface area contributed by atoms with Crippen molar-refractivity contribution in [2.24, 2.45) is 0 Å². The minimum Gasteiger partial charge on any atom is -0.491 e. The van der Waals surface area contributed by atoms with Crippen molar-refractivity contribution in [2.45, 2.75) is 25.3 Å². The Morgan fingerprint density at radius 3 is 2.71 bits per heavy atom. The molecule has 5 nitrogen and oxygen atoms in total. The molecule has 1 unspecified atom stereocenters. The van der Waals surface area contributed by atoms with Gasteiger partial charge in [0.25, 0.3) is 0 Å². The third-order valence-corrected chi connectivity index (χ3v) is 5.84. The molecule has 1 aliphatic heterocycles. The van der Waals surface area contributed by atoms with Gasteiger partial charge in [0.1, 0.15) is 11.1 Å². The van der Waals surface area contributed by atoms with E-state index in [0.717, 1.165) is 11.4 Å². The fourth-order valence-electron chi connectivity index (χ4n) is 2.34. The maximum absolute atomic E-state index is 12.0. The normalized spacial score (nSPS) is 19.8. The second-order valence-electron chi connectivity index (χ2n) is 5.48. The smallest absolute Gasteiger partial charge is 0.169 e. The quantitative estimate of drug-likeness (QED) is 0.851. The van der Waals surface area contributed by atoms with Crippen LogP contribution in [0.15, 0.2) is 18.2 Å². The van der Waals surface area contributed by atoms with Gasteiger partial charge in [-0.05, 0) is 19.9 Å². The third kappa shape index (κ3) is 4.20. The minimum absolute atomic E-state index is 0.0438. The molecule has 1 atom stereocenters. The molecule has 0 saturated carbocycles. The molecule has 0 spiro atoms. The highest BCUT2D eigenvalue weighted by molar-refractivity contribution is 8.01. The summed E-state index contributed by atoms with van der Waals surface area (Å²) in [5.41, 5.74) is 7.32. The second-order valence-corrected chi connectivity index (χ2v) is 8.83. The standard InChI is InChI=1S/C14H22N2O3S2/c1-10(2)19-13-7-11(15)6-12(8-13)16-4-5-20-9-14(16)21(3,17)18/h6-8,10,14H,4-5,9,15H2,1-3H3. The van der Waals surface area contributed by atoms with Gasteiger partial charge in [0, 0.05) is 47.8 Å². The molecule has 0 bridgehead atoms. The number of sulfone groups is 1. The first-order valence-electron chi connectivity index (χ1n) is 6.88. The Balaban J connectivity index is 2.36. The Kier molecular flexibility index (Phi) is 4.93. The van der Waals surface area contributed by atoms with Gasteiger partial charge >= 0.3 is 0 Å². The van der Waals surface area contributed by atoms with Crippen LogP contribution in [0.4, 0.5) is 11.4 Å². The van der Waals surface area contributed by atoms with E-state index in [0.29, 0.717) is 23.7 Å². The van der Waals surface area contributed by atoms with E-state index in [1.165, 1.54) is 6.26 Å². The van der Waals surface area contributed by atoms with E-state index in [1.54, 1.807) is 23.9 Å². The van der Waals surface area contributed by atoms with Gasteiger partial charge in [0.15, 0.2) is 9.84 Å². The van der Waals surface area contributed by atoms with Gasteiger partial charge in [-0.1, -0.05) is 0 Å². The van der Waals surface area contributed by atoms with Crippen molar-refractivity contribution in [3.05, 3.63) is 18.2 Å². The number of rotatable bonds is 4. The van der Waals surface area contributed by atoms with E-state index >= 15 is 0 Å². The Hall–Kier alpha value is -1.08. The molecule has 1 aromatic rings. The van der Waals surface area contributed by atoms with Crippen molar-refractivity contribution in [2.75, 3.05) is 34.9 Å². The largest absolute Gasteiger partial charge is 0.491 e. The zero-order valence-corrected chi connectivity index (χ0v) is 14.2. The van der Waals surface area contributed by atoms with Crippen molar-refractivity contribution >= 4 is 33.0 Å². The summed E-state index contributed by atoms with van der Waals surface area (Å²) in [4.78, 5) is 1.91. The number of ether oxygens (including phenoxy) is 1. The molecule has 0 aromatic heterocycles. The molecule has 1 saturated heterocycles. The van der Waals surface area contributed by atoms with Gasteiger partial charge in [0.05, 0.1) is 6.10 Å². The van der Waals surface area contributed by atoms with Crippen LogP contribution < -0.4 is 15.4 Å². The van der Waals surface area contributed by atoms with Gasteiger partial charge in [0.2, 0.25) is 0 Å². The van der Waals surface area contributed by atoms with Crippen molar-refractivity contribution in [1.82, 2.24) is 0 Å². The number of hydrogen-bond acceptors (Lipinski definition) is 6. The Labute approximate surface area is 130 Å². The predicted molar refractivity (Wildman–Crippen MR) is 89.9 cm³/mol. The average molecular weight is 330 g/mol. The summed E-state index contributed by atoms with van der Waals surface area (Å²) in [5, 5.41) is -0.509. The molecule has 7 heteroatoms. The Bertz CT molecular complexity index is 602. The highest BCUT2D eigenvalue weighted by Gasteiger charge is 2.31. The summed E-state index contributed by atoms with van der Waals surface area (Å²) in [6, 6.07) is 5.43. The molecule has 0 radical (unpaired) electrons. The number of thioether (sulfide) groups is 1. The number of benzene rings is 1. The van der Waals surface area contributed by atoms with Crippen molar-refractivity contribution in [3.8, 4) is 5.75 Å². The highest BCUT2D eigenvalue weighted by atomic mass is 32.2. The molecular formula is C14H22N2O3S2.